The number of benzene rings is 2. The van der Waals surface area contributed by atoms with Crippen LogP contribution in [-0.2, 0) is 6.54 Å². The Bertz CT molecular complexity index is 568. The molecule has 0 aromatic heterocycles. The van der Waals surface area contributed by atoms with Gasteiger partial charge in [0.2, 0.25) is 0 Å². The standard InChI is InChI=1S/C17H19NO2/c1-19-14-7-8-17-15(11-14)16(9-10-20-17)18-12-13-5-3-2-4-6-13/h2-8,11,16,18H,9-10,12H2,1H3/t16-/m1/s1. The van der Waals surface area contributed by atoms with Crippen LogP contribution in [0.2, 0.25) is 0 Å². The number of nitrogens with one attached hydrogen (secondary N) is 1. The van der Waals surface area contributed by atoms with Gasteiger partial charge in [-0.3, -0.25) is 0 Å². The third kappa shape index (κ3) is 2.78. The predicted octanol–water partition coefficient (Wildman–Crippen LogP) is 3.31. The summed E-state index contributed by atoms with van der Waals surface area (Å²) in [5.74, 6) is 1.84. The highest BCUT2D eigenvalue weighted by Gasteiger charge is 2.21. The summed E-state index contributed by atoms with van der Waals surface area (Å²) >= 11 is 0. The van der Waals surface area contributed by atoms with Gasteiger partial charge in [-0.05, 0) is 23.8 Å². The summed E-state index contributed by atoms with van der Waals surface area (Å²) in [6.45, 7) is 1.62. The maximum Gasteiger partial charge on any atom is 0.124 e. The SMILES string of the molecule is COc1ccc2c(c1)[C@H](NCc1ccccc1)CCO2. The zero-order valence-corrected chi connectivity index (χ0v) is 11.6. The lowest BCUT2D eigenvalue weighted by atomic mass is 10.00. The summed E-state index contributed by atoms with van der Waals surface area (Å²) in [6, 6.07) is 16.8. The van der Waals surface area contributed by atoms with E-state index in [1.54, 1.807) is 7.11 Å². The van der Waals surface area contributed by atoms with Crippen molar-refractivity contribution < 1.29 is 9.47 Å². The van der Waals surface area contributed by atoms with Crippen molar-refractivity contribution in [1.82, 2.24) is 5.32 Å². The van der Waals surface area contributed by atoms with Crippen LogP contribution in [0.25, 0.3) is 0 Å². The van der Waals surface area contributed by atoms with Crippen molar-refractivity contribution in [2.75, 3.05) is 13.7 Å². The van der Waals surface area contributed by atoms with Crippen molar-refractivity contribution in [1.29, 1.82) is 0 Å². The minimum absolute atomic E-state index is 0.314. The lowest BCUT2D eigenvalue weighted by Crippen LogP contribution is -2.26. The van der Waals surface area contributed by atoms with Gasteiger partial charge in [0.15, 0.2) is 0 Å². The Morgan fingerprint density at radius 3 is 2.85 bits per heavy atom. The van der Waals surface area contributed by atoms with E-state index >= 15 is 0 Å². The number of ether oxygens (including phenoxy) is 2. The molecule has 0 aliphatic carbocycles. The van der Waals surface area contributed by atoms with Gasteiger partial charge in [-0.25, -0.2) is 0 Å². The summed E-state index contributed by atoms with van der Waals surface area (Å²) in [4.78, 5) is 0. The average molecular weight is 269 g/mol. The summed E-state index contributed by atoms with van der Waals surface area (Å²) in [5, 5.41) is 3.61. The molecule has 1 aliphatic heterocycles. The molecule has 0 radical (unpaired) electrons. The van der Waals surface area contributed by atoms with Crippen LogP contribution in [0, 0.1) is 0 Å². The van der Waals surface area contributed by atoms with E-state index in [0.29, 0.717) is 6.04 Å². The molecule has 0 saturated carbocycles. The number of hydrogen-bond donors (Lipinski definition) is 1. The Kier molecular flexibility index (Phi) is 3.88. The van der Waals surface area contributed by atoms with Crippen molar-refractivity contribution >= 4 is 0 Å². The van der Waals surface area contributed by atoms with Gasteiger partial charge < -0.3 is 14.8 Å². The quantitative estimate of drug-likeness (QED) is 0.923. The molecule has 1 heterocycles. The smallest absolute Gasteiger partial charge is 0.124 e. The number of fused-ring (bicyclic) bond motifs is 1. The average Bonchev–Trinajstić information content (AvgIpc) is 2.53. The Morgan fingerprint density at radius 1 is 1.20 bits per heavy atom. The summed E-state index contributed by atoms with van der Waals surface area (Å²) in [6.07, 6.45) is 0.979. The number of rotatable bonds is 4. The second-order valence-electron chi connectivity index (χ2n) is 4.96. The normalized spacial score (nSPS) is 17.1. The second-order valence-corrected chi connectivity index (χ2v) is 4.96. The topological polar surface area (TPSA) is 30.5 Å². The zero-order valence-electron chi connectivity index (χ0n) is 11.6. The maximum atomic E-state index is 5.71. The molecule has 1 N–H and O–H groups in total. The predicted molar refractivity (Wildman–Crippen MR) is 79.1 cm³/mol. The minimum atomic E-state index is 0.314. The first-order chi connectivity index (χ1) is 9.86. The van der Waals surface area contributed by atoms with Crippen LogP contribution >= 0.6 is 0 Å². The third-order valence-corrected chi connectivity index (χ3v) is 3.65. The fourth-order valence-electron chi connectivity index (χ4n) is 2.55. The van der Waals surface area contributed by atoms with E-state index in [1.165, 1.54) is 11.1 Å². The lowest BCUT2D eigenvalue weighted by Gasteiger charge is -2.27. The Labute approximate surface area is 119 Å². The summed E-state index contributed by atoms with van der Waals surface area (Å²) < 4.78 is 11.0. The molecule has 0 saturated heterocycles. The molecule has 2 aromatic rings. The summed E-state index contributed by atoms with van der Waals surface area (Å²) in [5.41, 5.74) is 2.48. The molecule has 3 nitrogen and oxygen atoms in total. The van der Waals surface area contributed by atoms with Crippen molar-refractivity contribution in [2.24, 2.45) is 0 Å². The second kappa shape index (κ2) is 5.97. The molecule has 0 unspecified atom stereocenters. The van der Waals surface area contributed by atoms with E-state index in [-0.39, 0.29) is 0 Å². The van der Waals surface area contributed by atoms with Crippen LogP contribution in [0.15, 0.2) is 48.5 Å². The molecule has 1 atom stereocenters. The molecule has 20 heavy (non-hydrogen) atoms. The molecule has 0 amide bonds. The van der Waals surface area contributed by atoms with Gasteiger partial charge in [0.25, 0.3) is 0 Å². The first-order valence-corrected chi connectivity index (χ1v) is 6.95. The fraction of sp³-hybridized carbons (Fsp3) is 0.294. The van der Waals surface area contributed by atoms with E-state index < -0.39 is 0 Å². The van der Waals surface area contributed by atoms with E-state index in [1.807, 2.05) is 18.2 Å². The molecule has 104 valence electrons. The first kappa shape index (κ1) is 13.0. The molecule has 0 spiro atoms. The van der Waals surface area contributed by atoms with Gasteiger partial charge in [-0.15, -0.1) is 0 Å². The Balaban J connectivity index is 1.75. The number of methoxy groups -OCH3 is 1. The van der Waals surface area contributed by atoms with Crippen LogP contribution in [0.4, 0.5) is 0 Å². The maximum absolute atomic E-state index is 5.71. The molecule has 3 heteroatoms. The Hall–Kier alpha value is -2.00. The van der Waals surface area contributed by atoms with Crippen molar-refractivity contribution in [2.45, 2.75) is 19.0 Å². The van der Waals surface area contributed by atoms with Gasteiger partial charge in [0, 0.05) is 24.6 Å². The molecule has 3 rings (SSSR count). The summed E-state index contributed by atoms with van der Waals surface area (Å²) in [7, 11) is 1.69. The van der Waals surface area contributed by atoms with Gasteiger partial charge in [-0.2, -0.15) is 0 Å². The molecule has 1 aliphatic rings. The highest BCUT2D eigenvalue weighted by atomic mass is 16.5. The minimum Gasteiger partial charge on any atom is -0.497 e. The molecule has 0 fully saturated rings. The number of hydrogen-bond acceptors (Lipinski definition) is 3. The van der Waals surface area contributed by atoms with Gasteiger partial charge >= 0.3 is 0 Å². The van der Waals surface area contributed by atoms with Gasteiger partial charge in [0.05, 0.1) is 13.7 Å². The van der Waals surface area contributed by atoms with E-state index in [9.17, 15) is 0 Å². The first-order valence-electron chi connectivity index (χ1n) is 6.95. The van der Waals surface area contributed by atoms with Gasteiger partial charge in [0.1, 0.15) is 11.5 Å². The largest absolute Gasteiger partial charge is 0.497 e. The van der Waals surface area contributed by atoms with Gasteiger partial charge in [-0.1, -0.05) is 30.3 Å². The van der Waals surface area contributed by atoms with Crippen LogP contribution in [0.5, 0.6) is 11.5 Å². The highest BCUT2D eigenvalue weighted by Crippen LogP contribution is 2.34. The highest BCUT2D eigenvalue weighted by molar-refractivity contribution is 5.43. The van der Waals surface area contributed by atoms with Crippen molar-refractivity contribution in [3.8, 4) is 11.5 Å². The van der Waals surface area contributed by atoms with E-state index in [4.69, 9.17) is 9.47 Å². The molecule has 2 aromatic carbocycles. The third-order valence-electron chi connectivity index (χ3n) is 3.65. The van der Waals surface area contributed by atoms with Crippen molar-refractivity contribution in [3.63, 3.8) is 0 Å². The molecular formula is C17H19NO2. The molecular weight excluding hydrogens is 250 g/mol. The Morgan fingerprint density at radius 2 is 2.05 bits per heavy atom. The van der Waals surface area contributed by atoms with Crippen LogP contribution in [-0.4, -0.2) is 13.7 Å². The molecule has 0 bridgehead atoms. The van der Waals surface area contributed by atoms with Crippen molar-refractivity contribution in [3.05, 3.63) is 59.7 Å². The fourth-order valence-corrected chi connectivity index (χ4v) is 2.55. The monoisotopic (exact) mass is 269 g/mol. The van der Waals surface area contributed by atoms with E-state index in [0.717, 1.165) is 31.1 Å². The zero-order chi connectivity index (χ0) is 13.8. The van der Waals surface area contributed by atoms with Crippen LogP contribution in [0.3, 0.4) is 0 Å². The van der Waals surface area contributed by atoms with Crippen LogP contribution < -0.4 is 14.8 Å². The van der Waals surface area contributed by atoms with Crippen LogP contribution in [0.1, 0.15) is 23.6 Å². The van der Waals surface area contributed by atoms with E-state index in [2.05, 4.69) is 35.6 Å². The lowest BCUT2D eigenvalue weighted by molar-refractivity contribution is 0.251.